The van der Waals surface area contributed by atoms with Crippen LogP contribution in [0.1, 0.15) is 35.2 Å². The molecule has 0 fully saturated rings. The van der Waals surface area contributed by atoms with Crippen LogP contribution in [-0.4, -0.2) is 24.3 Å². The van der Waals surface area contributed by atoms with Gasteiger partial charge in [0.05, 0.1) is 40.0 Å². The number of esters is 1. The lowest BCUT2D eigenvalue weighted by Crippen LogP contribution is -2.40. The molecule has 6 rings (SSSR count). The van der Waals surface area contributed by atoms with Gasteiger partial charge in [0.25, 0.3) is 5.56 Å². The van der Waals surface area contributed by atoms with Gasteiger partial charge in [-0.05, 0) is 70.4 Å². The van der Waals surface area contributed by atoms with E-state index in [2.05, 4.69) is 15.9 Å². The minimum Gasteiger partial charge on any atom is -0.497 e. The number of hydrogen-bond acceptors (Lipinski definition) is 7. The number of thiazole rings is 1. The van der Waals surface area contributed by atoms with Gasteiger partial charge in [-0.1, -0.05) is 78.1 Å². The molecule has 0 N–H and O–H groups in total. The minimum absolute atomic E-state index is 0.0695. The van der Waals surface area contributed by atoms with Crippen molar-refractivity contribution in [2.24, 2.45) is 4.99 Å². The quantitative estimate of drug-likeness (QED) is 0.166. The normalized spacial score (nSPS) is 14.4. The first kappa shape index (κ1) is 31.2. The number of halogens is 2. The molecule has 4 aromatic carbocycles. The third kappa shape index (κ3) is 6.31. The average Bonchev–Trinajstić information content (AvgIpc) is 3.38. The average molecular weight is 700 g/mol. The number of nitrogens with zero attached hydrogens (tertiary/aromatic N) is 2. The van der Waals surface area contributed by atoms with E-state index in [0.717, 1.165) is 11.1 Å². The van der Waals surface area contributed by atoms with E-state index >= 15 is 0 Å². The van der Waals surface area contributed by atoms with Gasteiger partial charge in [0.1, 0.15) is 23.9 Å². The molecule has 1 aromatic heterocycles. The Bertz CT molecular complexity index is 2140. The van der Waals surface area contributed by atoms with Crippen molar-refractivity contribution < 1.29 is 23.4 Å². The SMILES string of the molecule is CCOC(=O)C1=C(c2ccccc2)N=c2s/c(=C\c3ccc(OCc4ccccc4F)c(Br)c3)c(=O)n2[C@H]1c1cccc(OC)c1. The Hall–Kier alpha value is -4.80. The van der Waals surface area contributed by atoms with Crippen LogP contribution in [-0.2, 0) is 16.1 Å². The van der Waals surface area contributed by atoms with Crippen LogP contribution >= 0.6 is 27.3 Å². The first-order valence-corrected chi connectivity index (χ1v) is 16.1. The van der Waals surface area contributed by atoms with E-state index < -0.39 is 12.0 Å². The second-order valence-corrected chi connectivity index (χ2v) is 12.1. The van der Waals surface area contributed by atoms with Crippen molar-refractivity contribution in [2.75, 3.05) is 13.7 Å². The van der Waals surface area contributed by atoms with Crippen LogP contribution in [0.2, 0.25) is 0 Å². The number of fused-ring (bicyclic) bond motifs is 1. The van der Waals surface area contributed by atoms with E-state index in [4.69, 9.17) is 19.2 Å². The molecule has 232 valence electrons. The zero-order valence-electron chi connectivity index (χ0n) is 24.9. The maximum Gasteiger partial charge on any atom is 0.338 e. The third-order valence-corrected chi connectivity index (χ3v) is 8.98. The number of rotatable bonds is 9. The lowest BCUT2D eigenvalue weighted by molar-refractivity contribution is -0.138. The van der Waals surface area contributed by atoms with E-state index in [1.54, 1.807) is 55.0 Å². The summed E-state index contributed by atoms with van der Waals surface area (Å²) in [7, 11) is 1.57. The summed E-state index contributed by atoms with van der Waals surface area (Å²) in [6.07, 6.45) is 1.77. The summed E-state index contributed by atoms with van der Waals surface area (Å²) in [5.74, 6) is 0.233. The molecule has 10 heteroatoms. The summed E-state index contributed by atoms with van der Waals surface area (Å²) in [6, 6.07) is 27.7. The van der Waals surface area contributed by atoms with Crippen LogP contribution in [0.15, 0.2) is 117 Å². The van der Waals surface area contributed by atoms with Gasteiger partial charge in [-0.2, -0.15) is 0 Å². The summed E-state index contributed by atoms with van der Waals surface area (Å²) >= 11 is 4.78. The number of carbonyl (C=O) groups is 1. The van der Waals surface area contributed by atoms with Gasteiger partial charge in [-0.25, -0.2) is 14.2 Å². The molecular weight excluding hydrogens is 671 g/mol. The Labute approximate surface area is 276 Å². The molecule has 46 heavy (non-hydrogen) atoms. The smallest absolute Gasteiger partial charge is 0.338 e. The number of carbonyl (C=O) groups excluding carboxylic acids is 1. The molecule has 0 amide bonds. The van der Waals surface area contributed by atoms with Gasteiger partial charge in [0, 0.05) is 11.1 Å². The molecule has 1 aliphatic heterocycles. The molecule has 7 nitrogen and oxygen atoms in total. The van der Waals surface area contributed by atoms with E-state index in [9.17, 15) is 14.0 Å². The van der Waals surface area contributed by atoms with Crippen molar-refractivity contribution >= 4 is 45.0 Å². The summed E-state index contributed by atoms with van der Waals surface area (Å²) in [5.41, 5.74) is 2.99. The van der Waals surface area contributed by atoms with Crippen LogP contribution in [0.3, 0.4) is 0 Å². The first-order valence-electron chi connectivity index (χ1n) is 14.5. The maximum absolute atomic E-state index is 14.2. The van der Waals surface area contributed by atoms with Crippen molar-refractivity contribution in [1.82, 2.24) is 4.57 Å². The molecule has 1 aliphatic rings. The van der Waals surface area contributed by atoms with Crippen molar-refractivity contribution in [3.05, 3.63) is 155 Å². The second kappa shape index (κ2) is 13.7. The summed E-state index contributed by atoms with van der Waals surface area (Å²) in [5, 5.41) is 0. The Morgan fingerprint density at radius 1 is 1.02 bits per heavy atom. The number of benzene rings is 4. The number of methoxy groups -OCH3 is 1. The predicted octanol–water partition coefficient (Wildman–Crippen LogP) is 6.42. The van der Waals surface area contributed by atoms with Crippen LogP contribution in [0.4, 0.5) is 4.39 Å². The maximum atomic E-state index is 14.2. The first-order chi connectivity index (χ1) is 22.4. The largest absolute Gasteiger partial charge is 0.497 e. The Kier molecular flexibility index (Phi) is 9.28. The highest BCUT2D eigenvalue weighted by Gasteiger charge is 2.35. The fourth-order valence-corrected chi connectivity index (χ4v) is 6.73. The molecule has 2 heterocycles. The van der Waals surface area contributed by atoms with Crippen LogP contribution in [0.5, 0.6) is 11.5 Å². The topological polar surface area (TPSA) is 79.1 Å². The molecule has 0 bridgehead atoms. The van der Waals surface area contributed by atoms with E-state index in [1.165, 1.54) is 17.4 Å². The summed E-state index contributed by atoms with van der Waals surface area (Å²) in [4.78, 5) is 33.1. The Morgan fingerprint density at radius 2 is 1.80 bits per heavy atom. The van der Waals surface area contributed by atoms with E-state index in [1.807, 2.05) is 60.7 Å². The van der Waals surface area contributed by atoms with Crippen LogP contribution in [0.25, 0.3) is 11.8 Å². The van der Waals surface area contributed by atoms with E-state index in [0.29, 0.717) is 42.1 Å². The molecule has 0 radical (unpaired) electrons. The third-order valence-electron chi connectivity index (χ3n) is 7.38. The summed E-state index contributed by atoms with van der Waals surface area (Å²) < 4.78 is 33.6. The Balaban J connectivity index is 1.47. The molecule has 1 atom stereocenters. The number of hydrogen-bond donors (Lipinski definition) is 0. The highest BCUT2D eigenvalue weighted by Crippen LogP contribution is 2.36. The van der Waals surface area contributed by atoms with Crippen molar-refractivity contribution in [3.8, 4) is 11.5 Å². The Morgan fingerprint density at radius 3 is 2.54 bits per heavy atom. The molecule has 0 saturated carbocycles. The van der Waals surface area contributed by atoms with Crippen molar-refractivity contribution in [3.63, 3.8) is 0 Å². The molecule has 5 aromatic rings. The number of ether oxygens (including phenoxy) is 3. The molecular formula is C36H28BrFN2O5S. The zero-order chi connectivity index (χ0) is 32.2. The van der Waals surface area contributed by atoms with Gasteiger partial charge >= 0.3 is 5.97 Å². The molecule has 0 unspecified atom stereocenters. The fourth-order valence-electron chi connectivity index (χ4n) is 5.21. The van der Waals surface area contributed by atoms with Gasteiger partial charge in [-0.15, -0.1) is 0 Å². The zero-order valence-corrected chi connectivity index (χ0v) is 27.3. The minimum atomic E-state index is -0.816. The molecule has 0 aliphatic carbocycles. The standard InChI is InChI=1S/C36H28BrFN2O5S/c1-3-44-35(42)31-32(23-10-5-4-6-11-23)39-36-40(33(31)24-13-9-14-26(20-24)43-2)34(41)30(46-36)19-22-16-17-29(27(37)18-22)45-21-25-12-7-8-15-28(25)38/h4-20,33H,3,21H2,1-2H3/b30-19-/t33-/m0/s1. The van der Waals surface area contributed by atoms with Gasteiger partial charge in [0.2, 0.25) is 0 Å². The summed E-state index contributed by atoms with van der Waals surface area (Å²) in [6.45, 7) is 1.97. The lowest BCUT2D eigenvalue weighted by atomic mass is 9.93. The van der Waals surface area contributed by atoms with Crippen molar-refractivity contribution in [2.45, 2.75) is 19.6 Å². The van der Waals surface area contributed by atoms with Gasteiger partial charge < -0.3 is 14.2 Å². The van der Waals surface area contributed by atoms with E-state index in [-0.39, 0.29) is 30.2 Å². The second-order valence-electron chi connectivity index (χ2n) is 10.3. The highest BCUT2D eigenvalue weighted by atomic mass is 79.9. The lowest BCUT2D eigenvalue weighted by Gasteiger charge is -2.26. The molecule has 0 spiro atoms. The highest BCUT2D eigenvalue weighted by molar-refractivity contribution is 9.10. The number of aromatic nitrogens is 1. The fraction of sp³-hybridized carbons (Fsp3) is 0.139. The van der Waals surface area contributed by atoms with Gasteiger partial charge in [0.15, 0.2) is 4.80 Å². The predicted molar refractivity (Wildman–Crippen MR) is 179 cm³/mol. The van der Waals surface area contributed by atoms with Crippen LogP contribution in [0, 0.1) is 5.82 Å². The van der Waals surface area contributed by atoms with Crippen LogP contribution < -0.4 is 24.4 Å². The monoisotopic (exact) mass is 698 g/mol. The van der Waals surface area contributed by atoms with Gasteiger partial charge in [-0.3, -0.25) is 9.36 Å². The van der Waals surface area contributed by atoms with Crippen molar-refractivity contribution in [1.29, 1.82) is 0 Å². The molecule has 0 saturated heterocycles.